The first kappa shape index (κ1) is 12.6. The molecule has 1 aromatic heterocycles. The highest BCUT2D eigenvalue weighted by molar-refractivity contribution is 6.31. The van der Waals surface area contributed by atoms with Gasteiger partial charge in [-0.25, -0.2) is 9.97 Å². The van der Waals surface area contributed by atoms with Crippen LogP contribution in [0.2, 0.25) is 5.15 Å². The number of aromatic nitrogens is 2. The Balaban J connectivity index is 1.74. The first-order valence-corrected chi connectivity index (χ1v) is 6.99. The molecule has 0 radical (unpaired) electrons. The quantitative estimate of drug-likeness (QED) is 0.937. The Morgan fingerprint density at radius 3 is 2.74 bits per heavy atom. The minimum atomic E-state index is 0.328. The SMILES string of the molecule is Clc1nc2ccccc2nc1OC[C@H]1CCCCN1. The number of benzene rings is 1. The number of fused-ring (bicyclic) bond motifs is 1. The normalized spacial score (nSPS) is 19.5. The van der Waals surface area contributed by atoms with Gasteiger partial charge in [0.25, 0.3) is 5.88 Å². The lowest BCUT2D eigenvalue weighted by molar-refractivity contribution is 0.232. The van der Waals surface area contributed by atoms with E-state index in [9.17, 15) is 0 Å². The first-order valence-electron chi connectivity index (χ1n) is 6.61. The van der Waals surface area contributed by atoms with Crippen LogP contribution in [0, 0.1) is 0 Å². The van der Waals surface area contributed by atoms with Crippen molar-refractivity contribution >= 4 is 22.6 Å². The summed E-state index contributed by atoms with van der Waals surface area (Å²) in [5.41, 5.74) is 1.59. The molecular weight excluding hydrogens is 262 g/mol. The van der Waals surface area contributed by atoms with E-state index in [1.807, 2.05) is 24.3 Å². The van der Waals surface area contributed by atoms with E-state index in [2.05, 4.69) is 15.3 Å². The molecule has 4 nitrogen and oxygen atoms in total. The summed E-state index contributed by atoms with van der Waals surface area (Å²) in [6.45, 7) is 1.65. The van der Waals surface area contributed by atoms with Gasteiger partial charge in [0, 0.05) is 6.04 Å². The van der Waals surface area contributed by atoms with Crippen molar-refractivity contribution in [3.63, 3.8) is 0 Å². The van der Waals surface area contributed by atoms with Crippen LogP contribution in [0.15, 0.2) is 24.3 Å². The lowest BCUT2D eigenvalue weighted by atomic mass is 10.1. The molecule has 1 N–H and O–H groups in total. The van der Waals surface area contributed by atoms with Gasteiger partial charge in [0.05, 0.1) is 11.0 Å². The molecule has 5 heteroatoms. The van der Waals surface area contributed by atoms with Crippen LogP contribution in [-0.2, 0) is 0 Å². The molecule has 0 saturated carbocycles. The third kappa shape index (κ3) is 2.96. The van der Waals surface area contributed by atoms with E-state index in [1.54, 1.807) is 0 Å². The monoisotopic (exact) mass is 277 g/mol. The van der Waals surface area contributed by atoms with Crippen molar-refractivity contribution in [2.75, 3.05) is 13.2 Å². The minimum absolute atomic E-state index is 0.328. The molecule has 1 fully saturated rings. The van der Waals surface area contributed by atoms with E-state index < -0.39 is 0 Å². The van der Waals surface area contributed by atoms with E-state index in [4.69, 9.17) is 16.3 Å². The maximum atomic E-state index is 6.10. The number of rotatable bonds is 3. The standard InChI is InChI=1S/C14H16ClN3O/c15-13-14(19-9-10-5-3-4-8-16-10)18-12-7-2-1-6-11(12)17-13/h1-2,6-7,10,16H,3-5,8-9H2/t10-/m1/s1. The molecule has 19 heavy (non-hydrogen) atoms. The van der Waals surface area contributed by atoms with Gasteiger partial charge in [-0.05, 0) is 31.5 Å². The van der Waals surface area contributed by atoms with Gasteiger partial charge in [0.1, 0.15) is 6.61 Å². The molecule has 3 rings (SSSR count). The summed E-state index contributed by atoms with van der Waals surface area (Å²) in [6.07, 6.45) is 3.63. The topological polar surface area (TPSA) is 47.0 Å². The number of hydrogen-bond donors (Lipinski definition) is 1. The van der Waals surface area contributed by atoms with E-state index in [0.29, 0.717) is 23.7 Å². The fraction of sp³-hybridized carbons (Fsp3) is 0.429. The summed E-state index contributed by atoms with van der Waals surface area (Å²) in [5, 5.41) is 3.76. The van der Waals surface area contributed by atoms with Gasteiger partial charge >= 0.3 is 0 Å². The van der Waals surface area contributed by atoms with Crippen LogP contribution in [0.1, 0.15) is 19.3 Å². The predicted molar refractivity (Wildman–Crippen MR) is 75.7 cm³/mol. The molecule has 1 aliphatic rings. The van der Waals surface area contributed by atoms with Crippen LogP contribution in [0.25, 0.3) is 11.0 Å². The van der Waals surface area contributed by atoms with Crippen molar-refractivity contribution in [2.24, 2.45) is 0 Å². The highest BCUT2D eigenvalue weighted by atomic mass is 35.5. The Labute approximate surface area is 117 Å². The average Bonchev–Trinajstić information content (AvgIpc) is 2.46. The first-order chi connectivity index (χ1) is 9.33. The summed E-state index contributed by atoms with van der Waals surface area (Å²) in [5.74, 6) is 0.424. The second-order valence-electron chi connectivity index (χ2n) is 4.77. The zero-order valence-corrected chi connectivity index (χ0v) is 11.4. The van der Waals surface area contributed by atoms with Crippen molar-refractivity contribution in [2.45, 2.75) is 25.3 Å². The van der Waals surface area contributed by atoms with Crippen LogP contribution < -0.4 is 10.1 Å². The van der Waals surface area contributed by atoms with Gasteiger partial charge < -0.3 is 10.1 Å². The largest absolute Gasteiger partial charge is 0.474 e. The number of piperidine rings is 1. The highest BCUT2D eigenvalue weighted by Crippen LogP contribution is 2.23. The zero-order valence-electron chi connectivity index (χ0n) is 10.6. The van der Waals surface area contributed by atoms with E-state index >= 15 is 0 Å². The molecule has 2 heterocycles. The van der Waals surface area contributed by atoms with Crippen LogP contribution in [0.4, 0.5) is 0 Å². The molecule has 0 spiro atoms. The van der Waals surface area contributed by atoms with E-state index in [-0.39, 0.29) is 0 Å². The predicted octanol–water partition coefficient (Wildman–Crippen LogP) is 2.80. The molecule has 0 amide bonds. The highest BCUT2D eigenvalue weighted by Gasteiger charge is 2.15. The molecule has 100 valence electrons. The summed E-state index contributed by atoms with van der Waals surface area (Å²) in [7, 11) is 0. The zero-order chi connectivity index (χ0) is 13.1. The Kier molecular flexibility index (Phi) is 3.80. The fourth-order valence-electron chi connectivity index (χ4n) is 2.30. The van der Waals surface area contributed by atoms with Gasteiger partial charge in [-0.1, -0.05) is 30.2 Å². The van der Waals surface area contributed by atoms with Crippen molar-refractivity contribution in [1.82, 2.24) is 15.3 Å². The third-order valence-electron chi connectivity index (χ3n) is 3.33. The van der Waals surface area contributed by atoms with Crippen LogP contribution in [0.5, 0.6) is 5.88 Å². The number of halogens is 1. The second-order valence-corrected chi connectivity index (χ2v) is 5.12. The average molecular weight is 278 g/mol. The number of nitrogens with one attached hydrogen (secondary N) is 1. The second kappa shape index (κ2) is 5.72. The molecular formula is C14H16ClN3O. The van der Waals surface area contributed by atoms with Crippen LogP contribution in [0.3, 0.4) is 0 Å². The molecule has 1 aromatic carbocycles. The van der Waals surface area contributed by atoms with Crippen molar-refractivity contribution in [3.05, 3.63) is 29.4 Å². The molecule has 2 aromatic rings. The van der Waals surface area contributed by atoms with Gasteiger partial charge in [-0.15, -0.1) is 0 Å². The molecule has 1 aliphatic heterocycles. The molecule has 0 bridgehead atoms. The van der Waals surface area contributed by atoms with E-state index in [1.165, 1.54) is 12.8 Å². The Morgan fingerprint density at radius 2 is 2.00 bits per heavy atom. The molecule has 1 atom stereocenters. The van der Waals surface area contributed by atoms with Crippen LogP contribution >= 0.6 is 11.6 Å². The Hall–Kier alpha value is -1.39. The summed E-state index contributed by atoms with van der Waals surface area (Å²) < 4.78 is 5.72. The molecule has 0 unspecified atom stereocenters. The molecule has 1 saturated heterocycles. The van der Waals surface area contributed by atoms with Crippen molar-refractivity contribution < 1.29 is 4.74 Å². The van der Waals surface area contributed by atoms with Gasteiger partial charge in [-0.2, -0.15) is 0 Å². The summed E-state index contributed by atoms with van der Waals surface area (Å²) in [6, 6.07) is 8.03. The lowest BCUT2D eigenvalue weighted by Gasteiger charge is -2.23. The minimum Gasteiger partial charge on any atom is -0.474 e. The number of ether oxygens (including phenoxy) is 1. The fourth-order valence-corrected chi connectivity index (χ4v) is 2.49. The van der Waals surface area contributed by atoms with E-state index in [0.717, 1.165) is 24.0 Å². The van der Waals surface area contributed by atoms with Gasteiger partial charge in [0.15, 0.2) is 5.15 Å². The Morgan fingerprint density at radius 1 is 1.21 bits per heavy atom. The maximum absolute atomic E-state index is 6.10. The summed E-state index contributed by atoms with van der Waals surface area (Å²) in [4.78, 5) is 8.71. The van der Waals surface area contributed by atoms with Gasteiger partial charge in [0.2, 0.25) is 0 Å². The van der Waals surface area contributed by atoms with Crippen molar-refractivity contribution in [3.8, 4) is 5.88 Å². The summed E-state index contributed by atoms with van der Waals surface area (Å²) >= 11 is 6.10. The lowest BCUT2D eigenvalue weighted by Crippen LogP contribution is -2.38. The Bertz CT molecular complexity index is 570. The third-order valence-corrected chi connectivity index (χ3v) is 3.58. The van der Waals surface area contributed by atoms with Crippen molar-refractivity contribution in [1.29, 1.82) is 0 Å². The number of hydrogen-bond acceptors (Lipinski definition) is 4. The smallest absolute Gasteiger partial charge is 0.252 e. The number of nitrogens with zero attached hydrogens (tertiary/aromatic N) is 2. The molecule has 0 aliphatic carbocycles. The number of para-hydroxylation sites is 2. The maximum Gasteiger partial charge on any atom is 0.252 e. The van der Waals surface area contributed by atoms with Gasteiger partial charge in [-0.3, -0.25) is 0 Å². The van der Waals surface area contributed by atoms with Crippen LogP contribution in [-0.4, -0.2) is 29.2 Å².